The van der Waals surface area contributed by atoms with Gasteiger partial charge in [-0.1, -0.05) is 54.6 Å². The molecule has 1 aliphatic heterocycles. The Balaban J connectivity index is 1.30. The number of benzene rings is 2. The van der Waals surface area contributed by atoms with Crippen LogP contribution in [0.15, 0.2) is 66.9 Å². The Kier molecular flexibility index (Phi) is 4.76. The Morgan fingerprint density at radius 1 is 0.966 bits per heavy atom. The van der Waals surface area contributed by atoms with Gasteiger partial charge in [0.05, 0.1) is 5.92 Å². The maximum Gasteiger partial charge on any atom is 0.227 e. The summed E-state index contributed by atoms with van der Waals surface area (Å²) in [4.78, 5) is 19.9. The van der Waals surface area contributed by atoms with E-state index in [1.807, 2.05) is 18.3 Å². The number of aryl methyl sites for hydroxylation is 1. The smallest absolute Gasteiger partial charge is 0.227 e. The molecule has 0 saturated heterocycles. The van der Waals surface area contributed by atoms with Crippen molar-refractivity contribution in [3.05, 3.63) is 94.7 Å². The molecule has 2 heterocycles. The lowest BCUT2D eigenvalue weighted by Gasteiger charge is -2.31. The summed E-state index contributed by atoms with van der Waals surface area (Å²) in [5, 5.41) is 3.17. The maximum absolute atomic E-state index is 12.9. The molecule has 1 N–H and O–H groups in total. The third-order valence-electron chi connectivity index (χ3n) is 6.20. The number of rotatable bonds is 4. The van der Waals surface area contributed by atoms with Crippen molar-refractivity contribution < 1.29 is 4.79 Å². The largest absolute Gasteiger partial charge is 0.352 e. The molecular weight excluding hydrogens is 358 g/mol. The zero-order chi connectivity index (χ0) is 19.6. The van der Waals surface area contributed by atoms with E-state index in [9.17, 15) is 4.79 Å². The van der Waals surface area contributed by atoms with Crippen LogP contribution in [0, 0.1) is 0 Å². The summed E-state index contributed by atoms with van der Waals surface area (Å²) in [7, 11) is 0. The molecule has 4 nitrogen and oxygen atoms in total. The van der Waals surface area contributed by atoms with Gasteiger partial charge in [0.2, 0.25) is 5.91 Å². The van der Waals surface area contributed by atoms with Crippen molar-refractivity contribution in [1.29, 1.82) is 0 Å². The Bertz CT molecular complexity index is 1050. The number of amides is 1. The normalized spacial score (nSPS) is 17.5. The van der Waals surface area contributed by atoms with Crippen molar-refractivity contribution in [2.24, 2.45) is 0 Å². The molecule has 1 aromatic heterocycles. The fraction of sp³-hybridized carbons (Fsp3) is 0.280. The first kappa shape index (κ1) is 17.9. The first-order valence-electron chi connectivity index (χ1n) is 10.4. The van der Waals surface area contributed by atoms with E-state index in [1.54, 1.807) is 0 Å². The third-order valence-corrected chi connectivity index (χ3v) is 6.20. The predicted molar refractivity (Wildman–Crippen MR) is 115 cm³/mol. The minimum atomic E-state index is -0.0341. The summed E-state index contributed by atoms with van der Waals surface area (Å²) in [5.41, 5.74) is 6.36. The summed E-state index contributed by atoms with van der Waals surface area (Å²) in [6.45, 7) is 2.33. The van der Waals surface area contributed by atoms with Gasteiger partial charge in [-0.25, -0.2) is 4.98 Å². The van der Waals surface area contributed by atoms with Gasteiger partial charge in [0, 0.05) is 31.4 Å². The third kappa shape index (κ3) is 3.51. The topological polar surface area (TPSA) is 45.2 Å². The molecule has 1 unspecified atom stereocenters. The molecule has 29 heavy (non-hydrogen) atoms. The van der Waals surface area contributed by atoms with Gasteiger partial charge in [0.25, 0.3) is 0 Å². The fourth-order valence-electron chi connectivity index (χ4n) is 4.66. The standard InChI is InChI=1S/C25H25N3O/c29-25(23-12-11-19-7-3-4-10-22(19)23)27-16-20-9-5-14-26-24(20)28-15-13-18-6-1-2-8-21(18)17-28/h1-10,14,23H,11-13,15-17H2,(H,27,29). The van der Waals surface area contributed by atoms with Crippen LogP contribution in [0.5, 0.6) is 0 Å². The molecule has 5 rings (SSSR count). The number of fused-ring (bicyclic) bond motifs is 2. The van der Waals surface area contributed by atoms with Gasteiger partial charge in [-0.05, 0) is 47.6 Å². The Morgan fingerprint density at radius 3 is 2.66 bits per heavy atom. The van der Waals surface area contributed by atoms with Gasteiger partial charge < -0.3 is 10.2 Å². The molecule has 3 aromatic rings. The van der Waals surface area contributed by atoms with Crippen LogP contribution in [0.25, 0.3) is 0 Å². The van der Waals surface area contributed by atoms with Gasteiger partial charge in [-0.2, -0.15) is 0 Å². The van der Waals surface area contributed by atoms with E-state index in [2.05, 4.69) is 63.7 Å². The summed E-state index contributed by atoms with van der Waals surface area (Å²) in [5.74, 6) is 1.07. The fourth-order valence-corrected chi connectivity index (χ4v) is 4.66. The molecule has 0 fully saturated rings. The highest BCUT2D eigenvalue weighted by Crippen LogP contribution is 2.33. The number of hydrogen-bond donors (Lipinski definition) is 1. The highest BCUT2D eigenvalue weighted by Gasteiger charge is 2.28. The van der Waals surface area contributed by atoms with Gasteiger partial charge >= 0.3 is 0 Å². The van der Waals surface area contributed by atoms with Crippen LogP contribution < -0.4 is 10.2 Å². The highest BCUT2D eigenvalue weighted by atomic mass is 16.1. The zero-order valence-corrected chi connectivity index (χ0v) is 16.5. The minimum absolute atomic E-state index is 0.0341. The second kappa shape index (κ2) is 7.70. The Labute approximate surface area is 171 Å². The molecular formula is C25H25N3O. The average Bonchev–Trinajstić information content (AvgIpc) is 3.22. The zero-order valence-electron chi connectivity index (χ0n) is 16.5. The van der Waals surface area contributed by atoms with Crippen molar-refractivity contribution in [3.63, 3.8) is 0 Å². The van der Waals surface area contributed by atoms with Gasteiger partial charge in [-0.3, -0.25) is 4.79 Å². The SMILES string of the molecule is O=C(NCc1cccnc1N1CCc2ccccc2C1)C1CCc2ccccc21. The van der Waals surface area contributed by atoms with Crippen LogP contribution in [-0.2, 0) is 30.7 Å². The molecule has 1 amide bonds. The molecule has 2 aromatic carbocycles. The first-order valence-corrected chi connectivity index (χ1v) is 10.4. The van der Waals surface area contributed by atoms with Crippen molar-refractivity contribution in [3.8, 4) is 0 Å². The number of anilines is 1. The highest BCUT2D eigenvalue weighted by molar-refractivity contribution is 5.85. The quantitative estimate of drug-likeness (QED) is 0.741. The molecule has 0 spiro atoms. The van der Waals surface area contributed by atoms with E-state index in [4.69, 9.17) is 0 Å². The maximum atomic E-state index is 12.9. The van der Waals surface area contributed by atoms with Crippen molar-refractivity contribution in [2.75, 3.05) is 11.4 Å². The molecule has 0 saturated carbocycles. The Hall–Kier alpha value is -3.14. The van der Waals surface area contributed by atoms with E-state index < -0.39 is 0 Å². The lowest BCUT2D eigenvalue weighted by molar-refractivity contribution is -0.122. The van der Waals surface area contributed by atoms with Crippen molar-refractivity contribution >= 4 is 11.7 Å². The summed E-state index contributed by atoms with van der Waals surface area (Å²) in [6.07, 6.45) is 4.75. The number of nitrogens with one attached hydrogen (secondary N) is 1. The van der Waals surface area contributed by atoms with Gasteiger partial charge in [0.15, 0.2) is 0 Å². The van der Waals surface area contributed by atoms with Crippen LogP contribution in [0.4, 0.5) is 5.82 Å². The number of carbonyl (C=O) groups excluding carboxylic acids is 1. The van der Waals surface area contributed by atoms with Crippen molar-refractivity contribution in [1.82, 2.24) is 10.3 Å². The van der Waals surface area contributed by atoms with E-state index in [-0.39, 0.29) is 11.8 Å². The number of nitrogens with zero attached hydrogens (tertiary/aromatic N) is 2. The average molecular weight is 383 g/mol. The molecule has 2 aliphatic rings. The van der Waals surface area contributed by atoms with Crippen LogP contribution in [0.2, 0.25) is 0 Å². The summed E-state index contributed by atoms with van der Waals surface area (Å²) >= 11 is 0. The van der Waals surface area contributed by atoms with E-state index in [1.165, 1.54) is 22.3 Å². The molecule has 146 valence electrons. The minimum Gasteiger partial charge on any atom is -0.352 e. The number of pyridine rings is 1. The summed E-state index contributed by atoms with van der Waals surface area (Å²) in [6, 6.07) is 21.0. The monoisotopic (exact) mass is 383 g/mol. The number of carbonyl (C=O) groups is 1. The van der Waals surface area contributed by atoms with E-state index in [0.29, 0.717) is 6.54 Å². The van der Waals surface area contributed by atoms with E-state index in [0.717, 1.165) is 43.7 Å². The van der Waals surface area contributed by atoms with Crippen molar-refractivity contribution in [2.45, 2.75) is 38.3 Å². The lowest BCUT2D eigenvalue weighted by atomic mass is 9.99. The van der Waals surface area contributed by atoms with Crippen LogP contribution >= 0.6 is 0 Å². The lowest BCUT2D eigenvalue weighted by Crippen LogP contribution is -2.33. The summed E-state index contributed by atoms with van der Waals surface area (Å²) < 4.78 is 0. The molecule has 0 radical (unpaired) electrons. The van der Waals surface area contributed by atoms with Crippen LogP contribution in [0.3, 0.4) is 0 Å². The molecule has 1 aliphatic carbocycles. The predicted octanol–water partition coefficient (Wildman–Crippen LogP) is 3.99. The van der Waals surface area contributed by atoms with Gasteiger partial charge in [0.1, 0.15) is 5.82 Å². The molecule has 0 bridgehead atoms. The molecule has 4 heteroatoms. The van der Waals surface area contributed by atoms with Crippen LogP contribution in [0.1, 0.15) is 40.2 Å². The number of aromatic nitrogens is 1. The van der Waals surface area contributed by atoms with E-state index >= 15 is 0 Å². The van der Waals surface area contributed by atoms with Gasteiger partial charge in [-0.15, -0.1) is 0 Å². The Morgan fingerprint density at radius 2 is 1.76 bits per heavy atom. The van der Waals surface area contributed by atoms with Crippen LogP contribution in [-0.4, -0.2) is 17.4 Å². The first-order chi connectivity index (χ1) is 14.3. The molecule has 1 atom stereocenters. The second-order valence-corrected chi connectivity index (χ2v) is 7.93. The number of hydrogen-bond acceptors (Lipinski definition) is 3. The second-order valence-electron chi connectivity index (χ2n) is 7.93.